The number of hydrogen-bond donors (Lipinski definition) is 2. The summed E-state index contributed by atoms with van der Waals surface area (Å²) in [5, 5.41) is 3.90. The average molecular weight is 295 g/mol. The summed E-state index contributed by atoms with van der Waals surface area (Å²) < 4.78 is 0. The standard InChI is InChI=1S/C12H11ClN4OS/c13-9-2-1-8(5-10(9)14)17-11(18)7-19-12-6-15-3-4-16-12/h1-6H,7,14H2,(H,17,18). The number of amides is 1. The van der Waals surface area contributed by atoms with Crippen molar-refractivity contribution < 1.29 is 4.79 Å². The van der Waals surface area contributed by atoms with Gasteiger partial charge in [-0.1, -0.05) is 23.4 Å². The van der Waals surface area contributed by atoms with Crippen LogP contribution in [-0.4, -0.2) is 21.6 Å². The Kier molecular flexibility index (Phi) is 4.59. The van der Waals surface area contributed by atoms with E-state index < -0.39 is 0 Å². The monoisotopic (exact) mass is 294 g/mol. The zero-order valence-electron chi connectivity index (χ0n) is 9.84. The van der Waals surface area contributed by atoms with E-state index in [4.69, 9.17) is 17.3 Å². The largest absolute Gasteiger partial charge is 0.397 e. The molecule has 2 rings (SSSR count). The van der Waals surface area contributed by atoms with Crippen molar-refractivity contribution in [3.8, 4) is 0 Å². The zero-order chi connectivity index (χ0) is 13.7. The minimum atomic E-state index is -0.141. The van der Waals surface area contributed by atoms with Gasteiger partial charge in [0.15, 0.2) is 0 Å². The highest BCUT2D eigenvalue weighted by Gasteiger charge is 2.05. The molecule has 0 saturated carbocycles. The first kappa shape index (κ1) is 13.6. The summed E-state index contributed by atoms with van der Waals surface area (Å²) in [6, 6.07) is 4.96. The Labute approximate surface area is 119 Å². The fourth-order valence-electron chi connectivity index (χ4n) is 1.32. The van der Waals surface area contributed by atoms with Gasteiger partial charge in [-0.05, 0) is 18.2 Å². The predicted octanol–water partition coefficient (Wildman–Crippen LogP) is 2.44. The SMILES string of the molecule is Nc1cc(NC(=O)CSc2cnccn2)ccc1Cl. The maximum Gasteiger partial charge on any atom is 0.234 e. The fourth-order valence-corrected chi connectivity index (χ4v) is 2.06. The van der Waals surface area contributed by atoms with Crippen LogP contribution in [0.1, 0.15) is 0 Å². The summed E-state index contributed by atoms with van der Waals surface area (Å²) in [6.45, 7) is 0. The number of nitrogens with one attached hydrogen (secondary N) is 1. The highest BCUT2D eigenvalue weighted by atomic mass is 35.5. The van der Waals surface area contributed by atoms with Gasteiger partial charge in [0, 0.05) is 18.1 Å². The van der Waals surface area contributed by atoms with Gasteiger partial charge >= 0.3 is 0 Å². The topological polar surface area (TPSA) is 80.9 Å². The molecule has 0 radical (unpaired) electrons. The molecule has 0 saturated heterocycles. The highest BCUT2D eigenvalue weighted by Crippen LogP contribution is 2.22. The zero-order valence-corrected chi connectivity index (χ0v) is 11.4. The van der Waals surface area contributed by atoms with Gasteiger partial charge in [0.05, 0.1) is 22.7 Å². The quantitative estimate of drug-likeness (QED) is 0.669. The van der Waals surface area contributed by atoms with E-state index in [9.17, 15) is 4.79 Å². The molecule has 98 valence electrons. The second kappa shape index (κ2) is 6.40. The molecule has 5 nitrogen and oxygen atoms in total. The Bertz CT molecular complexity index is 579. The smallest absolute Gasteiger partial charge is 0.234 e. The molecule has 0 aliphatic carbocycles. The van der Waals surface area contributed by atoms with E-state index in [0.717, 1.165) is 0 Å². The van der Waals surface area contributed by atoms with Crippen molar-refractivity contribution in [1.29, 1.82) is 0 Å². The first-order chi connectivity index (χ1) is 9.15. The summed E-state index contributed by atoms with van der Waals surface area (Å²) in [4.78, 5) is 19.7. The molecular formula is C12H11ClN4OS. The van der Waals surface area contributed by atoms with Gasteiger partial charge in [0.1, 0.15) is 5.03 Å². The van der Waals surface area contributed by atoms with E-state index in [2.05, 4.69) is 15.3 Å². The number of carbonyl (C=O) groups is 1. The predicted molar refractivity (Wildman–Crippen MR) is 77.3 cm³/mol. The number of halogens is 1. The second-order valence-electron chi connectivity index (χ2n) is 3.62. The van der Waals surface area contributed by atoms with Crippen molar-refractivity contribution in [2.45, 2.75) is 5.03 Å². The molecule has 3 N–H and O–H groups in total. The lowest BCUT2D eigenvalue weighted by atomic mass is 10.3. The van der Waals surface area contributed by atoms with Crippen LogP contribution < -0.4 is 11.1 Å². The molecular weight excluding hydrogens is 284 g/mol. The molecule has 0 fully saturated rings. The fraction of sp³-hybridized carbons (Fsp3) is 0.0833. The molecule has 0 unspecified atom stereocenters. The van der Waals surface area contributed by atoms with E-state index in [1.807, 2.05) is 0 Å². The maximum absolute atomic E-state index is 11.7. The molecule has 7 heteroatoms. The Balaban J connectivity index is 1.89. The first-order valence-electron chi connectivity index (χ1n) is 5.39. The van der Waals surface area contributed by atoms with Crippen LogP contribution in [-0.2, 0) is 4.79 Å². The third kappa shape index (κ3) is 4.11. The summed E-state index contributed by atoms with van der Waals surface area (Å²) in [6.07, 6.45) is 4.78. The van der Waals surface area contributed by atoms with E-state index >= 15 is 0 Å². The van der Waals surface area contributed by atoms with Crippen LogP contribution >= 0.6 is 23.4 Å². The summed E-state index contributed by atoms with van der Waals surface area (Å²) in [7, 11) is 0. The minimum Gasteiger partial charge on any atom is -0.397 e. The molecule has 1 heterocycles. The van der Waals surface area contributed by atoms with Crippen LogP contribution in [0.4, 0.5) is 11.4 Å². The first-order valence-corrected chi connectivity index (χ1v) is 6.75. The van der Waals surface area contributed by atoms with E-state index in [-0.39, 0.29) is 11.7 Å². The molecule has 0 aliphatic heterocycles. The highest BCUT2D eigenvalue weighted by molar-refractivity contribution is 7.99. The van der Waals surface area contributed by atoms with Crippen molar-refractivity contribution in [2.24, 2.45) is 0 Å². The van der Waals surface area contributed by atoms with Crippen molar-refractivity contribution in [3.05, 3.63) is 41.8 Å². The average Bonchev–Trinajstić information content (AvgIpc) is 2.42. The second-order valence-corrected chi connectivity index (χ2v) is 5.02. The minimum absolute atomic E-state index is 0.141. The molecule has 2 aromatic rings. The number of carbonyl (C=O) groups excluding carboxylic acids is 1. The molecule has 19 heavy (non-hydrogen) atoms. The number of nitrogens with two attached hydrogens (primary N) is 1. The van der Waals surface area contributed by atoms with Gasteiger partial charge in [-0.3, -0.25) is 9.78 Å². The number of nitrogen functional groups attached to an aromatic ring is 1. The molecule has 1 aromatic heterocycles. The number of hydrogen-bond acceptors (Lipinski definition) is 5. The van der Waals surface area contributed by atoms with Crippen molar-refractivity contribution in [3.63, 3.8) is 0 Å². The molecule has 0 bridgehead atoms. The van der Waals surface area contributed by atoms with Gasteiger partial charge in [0.25, 0.3) is 0 Å². The molecule has 0 aliphatic rings. The molecule has 1 aromatic carbocycles. The normalized spacial score (nSPS) is 10.2. The molecule has 0 atom stereocenters. The van der Waals surface area contributed by atoms with E-state index in [0.29, 0.717) is 21.4 Å². The van der Waals surface area contributed by atoms with Crippen LogP contribution in [0.25, 0.3) is 0 Å². The van der Waals surface area contributed by atoms with Gasteiger partial charge in [-0.15, -0.1) is 0 Å². The van der Waals surface area contributed by atoms with Crippen LogP contribution in [0.5, 0.6) is 0 Å². The summed E-state index contributed by atoms with van der Waals surface area (Å²) >= 11 is 7.11. The summed E-state index contributed by atoms with van der Waals surface area (Å²) in [5.74, 6) is 0.110. The third-order valence-corrected chi connectivity index (χ3v) is 3.43. The number of aromatic nitrogens is 2. The number of nitrogens with zero attached hydrogens (tertiary/aromatic N) is 2. The lowest BCUT2D eigenvalue weighted by Gasteiger charge is -2.06. The Morgan fingerprint density at radius 1 is 1.42 bits per heavy atom. The number of rotatable bonds is 4. The Hall–Kier alpha value is -1.79. The third-order valence-electron chi connectivity index (χ3n) is 2.17. The van der Waals surface area contributed by atoms with Crippen molar-refractivity contribution in [1.82, 2.24) is 9.97 Å². The molecule has 1 amide bonds. The molecule has 0 spiro atoms. The van der Waals surface area contributed by atoms with E-state index in [1.54, 1.807) is 36.8 Å². The van der Waals surface area contributed by atoms with Gasteiger partial charge < -0.3 is 11.1 Å². The van der Waals surface area contributed by atoms with Crippen molar-refractivity contribution >= 4 is 40.6 Å². The Morgan fingerprint density at radius 3 is 2.95 bits per heavy atom. The van der Waals surface area contributed by atoms with Crippen molar-refractivity contribution in [2.75, 3.05) is 16.8 Å². The summed E-state index contributed by atoms with van der Waals surface area (Å²) in [5.41, 5.74) is 6.70. The Morgan fingerprint density at radius 2 is 2.26 bits per heavy atom. The van der Waals surface area contributed by atoms with Crippen LogP contribution in [0.2, 0.25) is 5.02 Å². The number of anilines is 2. The van der Waals surface area contributed by atoms with Gasteiger partial charge in [-0.2, -0.15) is 0 Å². The van der Waals surface area contributed by atoms with Gasteiger partial charge in [-0.25, -0.2) is 4.98 Å². The maximum atomic E-state index is 11.7. The lowest BCUT2D eigenvalue weighted by molar-refractivity contribution is -0.113. The van der Waals surface area contributed by atoms with Crippen LogP contribution in [0, 0.1) is 0 Å². The number of thioether (sulfide) groups is 1. The lowest BCUT2D eigenvalue weighted by Crippen LogP contribution is -2.14. The van der Waals surface area contributed by atoms with E-state index in [1.165, 1.54) is 11.8 Å². The number of benzene rings is 1. The van der Waals surface area contributed by atoms with Gasteiger partial charge in [0.2, 0.25) is 5.91 Å². The van der Waals surface area contributed by atoms with Crippen LogP contribution in [0.3, 0.4) is 0 Å². The van der Waals surface area contributed by atoms with Crippen LogP contribution in [0.15, 0.2) is 41.8 Å².